The number of nitrogens with zero attached hydrogens (tertiary/aromatic N) is 2. The number of nitrogens with two attached hydrogens (primary N) is 1. The maximum absolute atomic E-state index is 11.6. The average molecular weight is 296 g/mol. The Morgan fingerprint density at radius 3 is 2.78 bits per heavy atom. The Balaban J connectivity index is 2.42. The van der Waals surface area contributed by atoms with E-state index in [1.807, 2.05) is 0 Å². The molecule has 100 valence electrons. The minimum absolute atomic E-state index is 0.0447. The van der Waals surface area contributed by atoms with E-state index in [9.17, 15) is 9.90 Å². The summed E-state index contributed by atoms with van der Waals surface area (Å²) in [4.78, 5) is 15.2. The number of alkyl halides is 2. The maximum Gasteiger partial charge on any atom is 0.351 e. The smallest absolute Gasteiger partial charge is 0.351 e. The van der Waals surface area contributed by atoms with Crippen molar-refractivity contribution < 1.29 is 14.9 Å². The Hall–Kier alpha value is -0.860. The van der Waals surface area contributed by atoms with Gasteiger partial charge in [-0.15, -0.1) is 0 Å². The molecule has 1 aliphatic heterocycles. The molecule has 2 heterocycles. The summed E-state index contributed by atoms with van der Waals surface area (Å²) in [6.45, 7) is -0.476. The Labute approximate surface area is 112 Å². The topological polar surface area (TPSA) is 111 Å². The van der Waals surface area contributed by atoms with Crippen molar-refractivity contribution in [2.45, 2.75) is 22.8 Å². The van der Waals surface area contributed by atoms with E-state index < -0.39 is 35.1 Å². The SMILES string of the molecule is Nc1ccn(C2OC(CO)C(O)C2(Cl)Cl)c(=O)n1. The van der Waals surface area contributed by atoms with Crippen LogP contribution in [0, 0.1) is 0 Å². The third-order valence-corrected chi connectivity index (χ3v) is 3.48. The molecule has 0 aliphatic carbocycles. The van der Waals surface area contributed by atoms with Gasteiger partial charge in [-0.2, -0.15) is 4.98 Å². The predicted molar refractivity (Wildman–Crippen MR) is 64.3 cm³/mol. The van der Waals surface area contributed by atoms with Crippen molar-refractivity contribution in [3.05, 3.63) is 22.7 Å². The number of hydrogen-bond donors (Lipinski definition) is 3. The summed E-state index contributed by atoms with van der Waals surface area (Å²) in [6, 6.07) is 1.37. The summed E-state index contributed by atoms with van der Waals surface area (Å²) in [7, 11) is 0. The summed E-state index contributed by atoms with van der Waals surface area (Å²) >= 11 is 11.9. The molecule has 1 aromatic rings. The largest absolute Gasteiger partial charge is 0.394 e. The van der Waals surface area contributed by atoms with Crippen LogP contribution in [0.5, 0.6) is 0 Å². The molecule has 9 heteroatoms. The first-order chi connectivity index (χ1) is 8.37. The van der Waals surface area contributed by atoms with Crippen LogP contribution in [0.1, 0.15) is 6.23 Å². The van der Waals surface area contributed by atoms with Crippen LogP contribution in [0.3, 0.4) is 0 Å². The van der Waals surface area contributed by atoms with Gasteiger partial charge in [0.05, 0.1) is 6.61 Å². The minimum atomic E-state index is -1.77. The van der Waals surface area contributed by atoms with Crippen LogP contribution in [0.25, 0.3) is 0 Å². The first-order valence-electron chi connectivity index (χ1n) is 5.04. The summed E-state index contributed by atoms with van der Waals surface area (Å²) in [5.74, 6) is 0.0447. The molecule has 3 atom stereocenters. The number of aliphatic hydroxyl groups excluding tert-OH is 2. The highest BCUT2D eigenvalue weighted by molar-refractivity contribution is 6.49. The van der Waals surface area contributed by atoms with Gasteiger partial charge in [-0.1, -0.05) is 23.2 Å². The lowest BCUT2D eigenvalue weighted by Crippen LogP contribution is -2.40. The third kappa shape index (κ3) is 2.08. The highest BCUT2D eigenvalue weighted by atomic mass is 35.5. The average Bonchev–Trinajstić information content (AvgIpc) is 2.52. The predicted octanol–water partition coefficient (Wildman–Crippen LogP) is -0.750. The molecule has 0 saturated carbocycles. The Bertz CT molecular complexity index is 507. The van der Waals surface area contributed by atoms with E-state index in [-0.39, 0.29) is 5.82 Å². The molecular weight excluding hydrogens is 285 g/mol. The second-order valence-corrected chi connectivity index (χ2v) is 5.32. The van der Waals surface area contributed by atoms with E-state index >= 15 is 0 Å². The number of aromatic nitrogens is 2. The number of halogens is 2. The quantitative estimate of drug-likeness (QED) is 0.619. The van der Waals surface area contributed by atoms with Crippen molar-refractivity contribution >= 4 is 29.0 Å². The van der Waals surface area contributed by atoms with Crippen LogP contribution in [0.2, 0.25) is 0 Å². The van der Waals surface area contributed by atoms with Gasteiger partial charge >= 0.3 is 5.69 Å². The van der Waals surface area contributed by atoms with Gasteiger partial charge in [0.15, 0.2) is 10.6 Å². The van der Waals surface area contributed by atoms with E-state index in [0.29, 0.717) is 0 Å². The standard InChI is InChI=1S/C9H11Cl2N3O4/c10-9(11)6(16)4(3-15)18-7(9)14-2-1-5(12)13-8(14)17/h1-2,4,6-7,15-16H,3H2,(H2,12,13,17). The molecule has 0 amide bonds. The molecule has 4 N–H and O–H groups in total. The van der Waals surface area contributed by atoms with Crippen molar-refractivity contribution in [1.29, 1.82) is 0 Å². The van der Waals surface area contributed by atoms with Gasteiger partial charge in [-0.3, -0.25) is 4.57 Å². The van der Waals surface area contributed by atoms with Crippen LogP contribution in [-0.4, -0.2) is 42.9 Å². The zero-order valence-corrected chi connectivity index (χ0v) is 10.5. The molecule has 0 aromatic carbocycles. The second kappa shape index (κ2) is 4.67. The van der Waals surface area contributed by atoms with E-state index in [4.69, 9.17) is 38.8 Å². The van der Waals surface area contributed by atoms with E-state index in [2.05, 4.69) is 4.98 Å². The molecule has 0 spiro atoms. The first-order valence-corrected chi connectivity index (χ1v) is 5.80. The molecule has 1 fully saturated rings. The van der Waals surface area contributed by atoms with Gasteiger partial charge < -0.3 is 20.7 Å². The molecule has 3 unspecified atom stereocenters. The van der Waals surface area contributed by atoms with Crippen LogP contribution in [0.4, 0.5) is 5.82 Å². The molecule has 0 radical (unpaired) electrons. The number of anilines is 1. The summed E-state index contributed by atoms with van der Waals surface area (Å²) in [5.41, 5.74) is 4.64. The third-order valence-electron chi connectivity index (χ3n) is 2.66. The van der Waals surface area contributed by atoms with Crippen molar-refractivity contribution in [2.75, 3.05) is 12.3 Å². The fourth-order valence-electron chi connectivity index (χ4n) is 1.72. The lowest BCUT2D eigenvalue weighted by molar-refractivity contribution is -0.0461. The lowest BCUT2D eigenvalue weighted by Gasteiger charge is -2.23. The van der Waals surface area contributed by atoms with E-state index in [1.165, 1.54) is 12.3 Å². The van der Waals surface area contributed by atoms with E-state index in [0.717, 1.165) is 4.57 Å². The number of ether oxygens (including phenoxy) is 1. The molecule has 1 aromatic heterocycles. The summed E-state index contributed by atoms with van der Waals surface area (Å²) in [6.07, 6.45) is -2.16. The molecule has 7 nitrogen and oxygen atoms in total. The van der Waals surface area contributed by atoms with Gasteiger partial charge in [0.25, 0.3) is 0 Å². The second-order valence-electron chi connectivity index (χ2n) is 3.87. The number of nitrogen functional groups attached to an aromatic ring is 1. The highest BCUT2D eigenvalue weighted by Crippen LogP contribution is 2.45. The van der Waals surface area contributed by atoms with Crippen molar-refractivity contribution in [3.63, 3.8) is 0 Å². The maximum atomic E-state index is 11.6. The normalized spacial score (nSPS) is 30.6. The lowest BCUT2D eigenvalue weighted by atomic mass is 10.2. The van der Waals surface area contributed by atoms with Crippen LogP contribution in [-0.2, 0) is 4.74 Å². The summed E-state index contributed by atoms with van der Waals surface area (Å²) in [5, 5.41) is 18.8. The number of aliphatic hydroxyl groups is 2. The fraction of sp³-hybridized carbons (Fsp3) is 0.556. The molecule has 1 aliphatic rings. The molecule has 1 saturated heterocycles. The molecule has 18 heavy (non-hydrogen) atoms. The number of rotatable bonds is 2. The summed E-state index contributed by atoms with van der Waals surface area (Å²) < 4.78 is 4.50. The Kier molecular flexibility index (Phi) is 3.52. The van der Waals surface area contributed by atoms with Crippen LogP contribution >= 0.6 is 23.2 Å². The van der Waals surface area contributed by atoms with Crippen molar-refractivity contribution in [1.82, 2.24) is 9.55 Å². The minimum Gasteiger partial charge on any atom is -0.394 e. The Morgan fingerprint density at radius 1 is 1.61 bits per heavy atom. The number of hydrogen-bond acceptors (Lipinski definition) is 6. The van der Waals surface area contributed by atoms with Gasteiger partial charge in [0.1, 0.15) is 18.0 Å². The highest BCUT2D eigenvalue weighted by Gasteiger charge is 2.55. The van der Waals surface area contributed by atoms with E-state index in [1.54, 1.807) is 0 Å². The van der Waals surface area contributed by atoms with Crippen LogP contribution < -0.4 is 11.4 Å². The monoisotopic (exact) mass is 295 g/mol. The van der Waals surface area contributed by atoms with Crippen molar-refractivity contribution in [2.24, 2.45) is 0 Å². The van der Waals surface area contributed by atoms with Gasteiger partial charge in [-0.05, 0) is 6.07 Å². The first kappa shape index (κ1) is 13.6. The fourth-order valence-corrected chi connectivity index (χ4v) is 2.32. The molecule has 0 bridgehead atoms. The molecule has 2 rings (SSSR count). The zero-order chi connectivity index (χ0) is 13.5. The van der Waals surface area contributed by atoms with Gasteiger partial charge in [0, 0.05) is 6.20 Å². The molecular formula is C9H11Cl2N3O4. The van der Waals surface area contributed by atoms with Gasteiger partial charge in [-0.25, -0.2) is 4.79 Å². The zero-order valence-electron chi connectivity index (χ0n) is 9.03. The van der Waals surface area contributed by atoms with Gasteiger partial charge in [0.2, 0.25) is 0 Å². The van der Waals surface area contributed by atoms with Crippen LogP contribution in [0.15, 0.2) is 17.1 Å². The Morgan fingerprint density at radius 2 is 2.28 bits per heavy atom. The van der Waals surface area contributed by atoms with Crippen molar-refractivity contribution in [3.8, 4) is 0 Å².